The maximum Gasteiger partial charge on any atom is 0.337 e. The zero-order chi connectivity index (χ0) is 17.6. The molecule has 8 heteroatoms. The molecule has 0 aliphatic carbocycles. The molecule has 6 nitrogen and oxygen atoms in total. The zero-order valence-corrected chi connectivity index (χ0v) is 16.4. The number of esters is 1. The summed E-state index contributed by atoms with van der Waals surface area (Å²) in [5.74, 6) is 0.0464. The number of halogens is 1. The van der Waals surface area contributed by atoms with Gasteiger partial charge in [-0.2, -0.15) is 0 Å². The van der Waals surface area contributed by atoms with E-state index in [1.165, 1.54) is 7.11 Å². The van der Waals surface area contributed by atoms with Gasteiger partial charge in [0.2, 0.25) is 10.0 Å². The van der Waals surface area contributed by atoms with E-state index >= 15 is 0 Å². The Morgan fingerprint density at radius 3 is 2.60 bits per heavy atom. The van der Waals surface area contributed by atoms with E-state index in [1.54, 1.807) is 28.6 Å². The number of carbonyl (C=O) groups excluding carboxylic acids is 1. The Bertz CT molecular complexity index is 658. The largest absolute Gasteiger partial charge is 0.465 e. The van der Waals surface area contributed by atoms with Crippen LogP contribution in [-0.2, 0) is 20.5 Å². The van der Waals surface area contributed by atoms with E-state index < -0.39 is 16.0 Å². The van der Waals surface area contributed by atoms with Gasteiger partial charge in [0.15, 0.2) is 0 Å². The van der Waals surface area contributed by atoms with Crippen molar-refractivity contribution in [2.24, 2.45) is 5.92 Å². The average Bonchev–Trinajstić information content (AvgIpc) is 2.59. The Morgan fingerprint density at radius 1 is 1.32 bits per heavy atom. The second kappa shape index (κ2) is 10.1. The van der Waals surface area contributed by atoms with Crippen molar-refractivity contribution in [2.75, 3.05) is 33.8 Å². The summed E-state index contributed by atoms with van der Waals surface area (Å²) >= 11 is 0. The number of methoxy groups -OCH3 is 1. The molecule has 1 aliphatic heterocycles. The van der Waals surface area contributed by atoms with Crippen molar-refractivity contribution in [3.8, 4) is 0 Å². The highest BCUT2D eigenvalue weighted by Crippen LogP contribution is 2.23. The lowest BCUT2D eigenvalue weighted by molar-refractivity contribution is 0.0600. The molecule has 1 aromatic carbocycles. The SMILES string of the molecule is CNCCC1CCN(S(=O)(=O)Cc2cccc(C(=O)OC)c2)CC1.Cl. The number of hydrogen-bond acceptors (Lipinski definition) is 5. The molecule has 1 N–H and O–H groups in total. The third kappa shape index (κ3) is 6.26. The third-order valence-corrected chi connectivity index (χ3v) is 6.32. The zero-order valence-electron chi connectivity index (χ0n) is 14.7. The van der Waals surface area contributed by atoms with Gasteiger partial charge in [0.05, 0.1) is 18.4 Å². The topological polar surface area (TPSA) is 75.7 Å². The molecule has 0 aromatic heterocycles. The molecule has 1 heterocycles. The Hall–Kier alpha value is -1.15. The van der Waals surface area contributed by atoms with E-state index in [9.17, 15) is 13.2 Å². The van der Waals surface area contributed by atoms with E-state index in [0.29, 0.717) is 30.1 Å². The van der Waals surface area contributed by atoms with E-state index in [-0.39, 0.29) is 18.2 Å². The summed E-state index contributed by atoms with van der Waals surface area (Å²) in [4.78, 5) is 11.6. The molecule has 0 atom stereocenters. The van der Waals surface area contributed by atoms with Gasteiger partial charge in [0.1, 0.15) is 0 Å². The molecule has 0 saturated carbocycles. The van der Waals surface area contributed by atoms with E-state index in [2.05, 4.69) is 10.1 Å². The first-order chi connectivity index (χ1) is 11.5. The molecule has 0 spiro atoms. The minimum Gasteiger partial charge on any atom is -0.465 e. The molecule has 1 saturated heterocycles. The van der Waals surface area contributed by atoms with Crippen molar-refractivity contribution in [1.82, 2.24) is 9.62 Å². The van der Waals surface area contributed by atoms with Crippen LogP contribution in [0.2, 0.25) is 0 Å². The molecule has 1 fully saturated rings. The molecule has 0 bridgehead atoms. The van der Waals surface area contributed by atoms with Crippen LogP contribution >= 0.6 is 12.4 Å². The van der Waals surface area contributed by atoms with Crippen LogP contribution in [0.4, 0.5) is 0 Å². The van der Waals surface area contributed by atoms with Crippen LogP contribution in [0.25, 0.3) is 0 Å². The van der Waals surface area contributed by atoms with Crippen LogP contribution in [0.1, 0.15) is 35.2 Å². The predicted octanol–water partition coefficient (Wildman–Crippen LogP) is 2.05. The molecule has 2 rings (SSSR count). The number of sulfonamides is 1. The molecular weight excluding hydrogens is 364 g/mol. The van der Waals surface area contributed by atoms with E-state index in [0.717, 1.165) is 25.8 Å². The minimum absolute atomic E-state index is 0. The number of carbonyl (C=O) groups is 1. The molecule has 0 unspecified atom stereocenters. The van der Waals surface area contributed by atoms with Gasteiger partial charge in [-0.25, -0.2) is 17.5 Å². The summed E-state index contributed by atoms with van der Waals surface area (Å²) in [6.45, 7) is 2.12. The second-order valence-electron chi connectivity index (χ2n) is 6.18. The highest BCUT2D eigenvalue weighted by molar-refractivity contribution is 7.88. The van der Waals surface area contributed by atoms with Gasteiger partial charge in [-0.3, -0.25) is 0 Å². The molecule has 25 heavy (non-hydrogen) atoms. The van der Waals surface area contributed by atoms with Gasteiger partial charge >= 0.3 is 5.97 Å². The predicted molar refractivity (Wildman–Crippen MR) is 100 cm³/mol. The molecule has 0 amide bonds. The molecular formula is C17H27ClN2O4S. The fourth-order valence-corrected chi connectivity index (χ4v) is 4.58. The fraction of sp³-hybridized carbons (Fsp3) is 0.588. The summed E-state index contributed by atoms with van der Waals surface area (Å²) in [6, 6.07) is 6.61. The van der Waals surface area contributed by atoms with Crippen molar-refractivity contribution < 1.29 is 17.9 Å². The van der Waals surface area contributed by atoms with Crippen molar-refractivity contribution in [3.05, 3.63) is 35.4 Å². The molecule has 142 valence electrons. The fourth-order valence-electron chi connectivity index (χ4n) is 3.03. The lowest BCUT2D eigenvalue weighted by Gasteiger charge is -2.31. The number of hydrogen-bond donors (Lipinski definition) is 1. The number of ether oxygens (including phenoxy) is 1. The Kier molecular flexibility index (Phi) is 8.85. The first kappa shape index (κ1) is 21.9. The summed E-state index contributed by atoms with van der Waals surface area (Å²) in [7, 11) is -0.122. The maximum atomic E-state index is 12.6. The summed E-state index contributed by atoms with van der Waals surface area (Å²) in [5.41, 5.74) is 0.978. The Morgan fingerprint density at radius 2 is 2.00 bits per heavy atom. The number of nitrogens with zero attached hydrogens (tertiary/aromatic N) is 1. The van der Waals surface area contributed by atoms with E-state index in [1.807, 2.05) is 7.05 Å². The van der Waals surface area contributed by atoms with Crippen LogP contribution in [0, 0.1) is 5.92 Å². The summed E-state index contributed by atoms with van der Waals surface area (Å²) in [5, 5.41) is 3.14. The number of benzene rings is 1. The third-order valence-electron chi connectivity index (χ3n) is 4.47. The van der Waals surface area contributed by atoms with Crippen molar-refractivity contribution in [1.29, 1.82) is 0 Å². The Labute approximate surface area is 156 Å². The number of rotatable bonds is 7. The lowest BCUT2D eigenvalue weighted by Crippen LogP contribution is -2.39. The second-order valence-corrected chi connectivity index (χ2v) is 8.15. The van der Waals surface area contributed by atoms with Gasteiger partial charge in [-0.15, -0.1) is 12.4 Å². The quantitative estimate of drug-likeness (QED) is 0.721. The minimum atomic E-state index is -3.36. The van der Waals surface area contributed by atoms with Crippen molar-refractivity contribution in [3.63, 3.8) is 0 Å². The van der Waals surface area contributed by atoms with Gasteiger partial charge in [-0.05, 0) is 56.5 Å². The van der Waals surface area contributed by atoms with Gasteiger partial charge < -0.3 is 10.1 Å². The van der Waals surface area contributed by atoms with Gasteiger partial charge in [-0.1, -0.05) is 12.1 Å². The smallest absolute Gasteiger partial charge is 0.337 e. The van der Waals surface area contributed by atoms with Crippen LogP contribution in [-0.4, -0.2) is 52.5 Å². The average molecular weight is 391 g/mol. The Balaban J connectivity index is 0.00000312. The highest BCUT2D eigenvalue weighted by atomic mass is 35.5. The molecule has 0 radical (unpaired) electrons. The summed E-state index contributed by atoms with van der Waals surface area (Å²) < 4.78 is 31.5. The van der Waals surface area contributed by atoms with Crippen LogP contribution < -0.4 is 5.32 Å². The standard InChI is InChI=1S/C17H26N2O4S.ClH/c1-18-9-6-14-7-10-19(11-8-14)24(21,22)13-15-4-3-5-16(12-15)17(20)23-2;/h3-5,12,14,18H,6-11,13H2,1-2H3;1H. The van der Waals surface area contributed by atoms with Crippen LogP contribution in [0.5, 0.6) is 0 Å². The maximum absolute atomic E-state index is 12.6. The van der Waals surface area contributed by atoms with Crippen LogP contribution in [0.3, 0.4) is 0 Å². The highest BCUT2D eigenvalue weighted by Gasteiger charge is 2.28. The summed E-state index contributed by atoms with van der Waals surface area (Å²) in [6.07, 6.45) is 2.90. The first-order valence-electron chi connectivity index (χ1n) is 8.26. The monoisotopic (exact) mass is 390 g/mol. The molecule has 1 aliphatic rings. The molecule has 1 aromatic rings. The van der Waals surface area contributed by atoms with Crippen molar-refractivity contribution in [2.45, 2.75) is 25.0 Å². The van der Waals surface area contributed by atoms with Gasteiger partial charge in [0.25, 0.3) is 0 Å². The lowest BCUT2D eigenvalue weighted by atomic mass is 9.95. The first-order valence-corrected chi connectivity index (χ1v) is 9.87. The number of nitrogens with one attached hydrogen (secondary N) is 1. The van der Waals surface area contributed by atoms with Gasteiger partial charge in [0, 0.05) is 13.1 Å². The number of piperidine rings is 1. The van der Waals surface area contributed by atoms with Crippen LogP contribution in [0.15, 0.2) is 24.3 Å². The van der Waals surface area contributed by atoms with E-state index in [4.69, 9.17) is 0 Å². The van der Waals surface area contributed by atoms with Crippen molar-refractivity contribution >= 4 is 28.4 Å². The normalized spacial score (nSPS) is 16.2.